The topological polar surface area (TPSA) is 49.0 Å². The van der Waals surface area contributed by atoms with E-state index in [0.717, 1.165) is 26.1 Å². The predicted molar refractivity (Wildman–Crippen MR) is 55.9 cm³/mol. The molecule has 0 radical (unpaired) electrons. The molecule has 5 heteroatoms. The van der Waals surface area contributed by atoms with Gasteiger partial charge in [-0.1, -0.05) is 0 Å². The summed E-state index contributed by atoms with van der Waals surface area (Å²) in [5, 5.41) is 3.28. The molecule has 0 spiro atoms. The highest BCUT2D eigenvalue weighted by molar-refractivity contribution is 4.66. The fourth-order valence-electron chi connectivity index (χ4n) is 1.34. The number of rotatable bonds is 8. The highest BCUT2D eigenvalue weighted by Crippen LogP contribution is 2.01. The van der Waals surface area contributed by atoms with E-state index in [9.17, 15) is 0 Å². The maximum absolute atomic E-state index is 5.52. The van der Waals surface area contributed by atoms with Crippen LogP contribution in [0, 0.1) is 0 Å². The number of methoxy groups -OCH3 is 1. The molecule has 1 heterocycles. The first-order valence-corrected chi connectivity index (χ1v) is 5.40. The summed E-state index contributed by atoms with van der Waals surface area (Å²) in [7, 11) is 1.65. The zero-order valence-corrected chi connectivity index (χ0v) is 9.37. The van der Waals surface area contributed by atoms with Crippen LogP contribution in [0.2, 0.25) is 0 Å². The van der Waals surface area contributed by atoms with Crippen molar-refractivity contribution in [1.29, 1.82) is 0 Å². The Kier molecular flexibility index (Phi) is 7.77. The molecule has 1 aliphatic rings. The molecule has 1 saturated heterocycles. The average molecular weight is 219 g/mol. The number of nitrogens with one attached hydrogen (secondary N) is 1. The first kappa shape index (κ1) is 12.9. The molecule has 0 aromatic heterocycles. The summed E-state index contributed by atoms with van der Waals surface area (Å²) in [6.45, 7) is 4.89. The van der Waals surface area contributed by atoms with E-state index in [4.69, 9.17) is 18.9 Å². The number of hydrogen-bond acceptors (Lipinski definition) is 5. The van der Waals surface area contributed by atoms with Gasteiger partial charge in [0.05, 0.1) is 32.5 Å². The summed E-state index contributed by atoms with van der Waals surface area (Å²) < 4.78 is 20.8. The van der Waals surface area contributed by atoms with Gasteiger partial charge in [-0.3, -0.25) is 0 Å². The Morgan fingerprint density at radius 1 is 1.27 bits per heavy atom. The summed E-state index contributed by atoms with van der Waals surface area (Å²) in [5.41, 5.74) is 0. The molecular formula is C10H21NO4. The van der Waals surface area contributed by atoms with Crippen LogP contribution in [0.15, 0.2) is 0 Å². The number of hydrogen-bond donors (Lipinski definition) is 1. The van der Waals surface area contributed by atoms with Crippen molar-refractivity contribution in [2.24, 2.45) is 0 Å². The summed E-state index contributed by atoms with van der Waals surface area (Å²) in [5.74, 6) is 0. The van der Waals surface area contributed by atoms with E-state index in [1.54, 1.807) is 7.11 Å². The van der Waals surface area contributed by atoms with Crippen LogP contribution in [0.4, 0.5) is 0 Å². The number of morpholine rings is 1. The maximum Gasteiger partial charge on any atom is 0.146 e. The molecule has 0 bridgehead atoms. The average Bonchev–Trinajstić information content (AvgIpc) is 2.29. The second-order valence-corrected chi connectivity index (χ2v) is 3.41. The zero-order valence-electron chi connectivity index (χ0n) is 9.37. The van der Waals surface area contributed by atoms with Crippen LogP contribution in [0.3, 0.4) is 0 Å². The minimum Gasteiger partial charge on any atom is -0.382 e. The second-order valence-electron chi connectivity index (χ2n) is 3.41. The molecule has 1 N–H and O–H groups in total. The molecule has 1 aliphatic heterocycles. The summed E-state index contributed by atoms with van der Waals surface area (Å²) in [6.07, 6.45) is 1.21. The lowest BCUT2D eigenvalue weighted by Gasteiger charge is -2.23. The van der Waals surface area contributed by atoms with Crippen LogP contribution in [-0.2, 0) is 18.9 Å². The Balaban J connectivity index is 1.79. The van der Waals surface area contributed by atoms with Crippen molar-refractivity contribution in [2.75, 3.05) is 53.4 Å². The van der Waals surface area contributed by atoms with E-state index < -0.39 is 0 Å². The van der Waals surface area contributed by atoms with Crippen LogP contribution in [0.25, 0.3) is 0 Å². The van der Waals surface area contributed by atoms with Crippen LogP contribution in [0.5, 0.6) is 0 Å². The Morgan fingerprint density at radius 2 is 2.13 bits per heavy atom. The fourth-order valence-corrected chi connectivity index (χ4v) is 1.34. The number of ether oxygens (including phenoxy) is 4. The molecule has 0 aromatic rings. The van der Waals surface area contributed by atoms with E-state index in [2.05, 4.69) is 5.32 Å². The van der Waals surface area contributed by atoms with Crippen LogP contribution >= 0.6 is 0 Å². The Hall–Kier alpha value is -0.200. The molecule has 0 aromatic carbocycles. The van der Waals surface area contributed by atoms with Crippen molar-refractivity contribution >= 4 is 0 Å². The van der Waals surface area contributed by atoms with Crippen molar-refractivity contribution in [3.63, 3.8) is 0 Å². The van der Waals surface area contributed by atoms with Gasteiger partial charge in [0.1, 0.15) is 6.79 Å². The van der Waals surface area contributed by atoms with Crippen LogP contribution in [0.1, 0.15) is 6.42 Å². The van der Waals surface area contributed by atoms with Gasteiger partial charge in [-0.2, -0.15) is 0 Å². The van der Waals surface area contributed by atoms with E-state index >= 15 is 0 Å². The van der Waals surface area contributed by atoms with Crippen molar-refractivity contribution in [1.82, 2.24) is 5.32 Å². The van der Waals surface area contributed by atoms with Gasteiger partial charge in [0.15, 0.2) is 0 Å². The Bertz CT molecular complexity index is 139. The molecule has 15 heavy (non-hydrogen) atoms. The van der Waals surface area contributed by atoms with Crippen molar-refractivity contribution in [3.8, 4) is 0 Å². The van der Waals surface area contributed by atoms with Gasteiger partial charge in [0, 0.05) is 20.2 Å². The van der Waals surface area contributed by atoms with E-state index in [1.165, 1.54) is 0 Å². The minimum absolute atomic E-state index is 0.290. The molecule has 1 atom stereocenters. The van der Waals surface area contributed by atoms with Gasteiger partial charge in [0.2, 0.25) is 0 Å². The molecule has 0 aliphatic carbocycles. The van der Waals surface area contributed by atoms with Gasteiger partial charge >= 0.3 is 0 Å². The van der Waals surface area contributed by atoms with Crippen molar-refractivity contribution in [2.45, 2.75) is 12.5 Å². The molecule has 1 fully saturated rings. The normalized spacial score (nSPS) is 21.8. The van der Waals surface area contributed by atoms with E-state index in [0.29, 0.717) is 26.6 Å². The maximum atomic E-state index is 5.52. The molecule has 0 amide bonds. The molecule has 5 nitrogen and oxygen atoms in total. The van der Waals surface area contributed by atoms with Crippen molar-refractivity contribution in [3.05, 3.63) is 0 Å². The fraction of sp³-hybridized carbons (Fsp3) is 1.00. The third-order valence-corrected chi connectivity index (χ3v) is 2.19. The zero-order chi connectivity index (χ0) is 10.8. The van der Waals surface area contributed by atoms with Crippen LogP contribution < -0.4 is 5.32 Å². The molecular weight excluding hydrogens is 198 g/mol. The highest BCUT2D eigenvalue weighted by atomic mass is 16.7. The first-order chi connectivity index (χ1) is 7.43. The highest BCUT2D eigenvalue weighted by Gasteiger charge is 2.12. The molecule has 0 saturated carbocycles. The third-order valence-electron chi connectivity index (χ3n) is 2.19. The predicted octanol–water partition coefficient (Wildman–Crippen LogP) is 0.00200. The summed E-state index contributed by atoms with van der Waals surface area (Å²) >= 11 is 0. The summed E-state index contributed by atoms with van der Waals surface area (Å²) in [6, 6.07) is 0. The smallest absolute Gasteiger partial charge is 0.146 e. The molecule has 1 unspecified atom stereocenters. The second kappa shape index (κ2) is 9.06. The van der Waals surface area contributed by atoms with E-state index in [1.807, 2.05) is 0 Å². The minimum atomic E-state index is 0.290. The van der Waals surface area contributed by atoms with Crippen molar-refractivity contribution < 1.29 is 18.9 Å². The quantitative estimate of drug-likeness (QED) is 0.460. The van der Waals surface area contributed by atoms with Gasteiger partial charge in [-0.15, -0.1) is 0 Å². The SMILES string of the molecule is COCCOCOCCC1CNCCO1. The lowest BCUT2D eigenvalue weighted by atomic mass is 10.2. The van der Waals surface area contributed by atoms with Gasteiger partial charge < -0.3 is 24.3 Å². The largest absolute Gasteiger partial charge is 0.382 e. The molecule has 90 valence electrons. The lowest BCUT2D eigenvalue weighted by molar-refractivity contribution is -0.0774. The standard InChI is InChI=1S/C10H21NO4/c1-12-6-7-14-9-13-4-2-10-8-11-3-5-15-10/h10-11H,2-9H2,1H3. The van der Waals surface area contributed by atoms with E-state index in [-0.39, 0.29) is 6.10 Å². The molecule has 1 rings (SSSR count). The van der Waals surface area contributed by atoms with Gasteiger partial charge in [0.25, 0.3) is 0 Å². The lowest BCUT2D eigenvalue weighted by Crippen LogP contribution is -2.39. The van der Waals surface area contributed by atoms with Gasteiger partial charge in [-0.05, 0) is 6.42 Å². The Labute approximate surface area is 91.0 Å². The van der Waals surface area contributed by atoms with Crippen LogP contribution in [-0.4, -0.2) is 59.5 Å². The summed E-state index contributed by atoms with van der Waals surface area (Å²) in [4.78, 5) is 0. The van der Waals surface area contributed by atoms with Gasteiger partial charge in [-0.25, -0.2) is 0 Å². The Morgan fingerprint density at radius 3 is 2.87 bits per heavy atom. The third kappa shape index (κ3) is 6.81. The first-order valence-electron chi connectivity index (χ1n) is 5.40. The monoisotopic (exact) mass is 219 g/mol.